The molecular formula is C15H20N2OS. The molecule has 1 saturated heterocycles. The van der Waals surface area contributed by atoms with E-state index in [1.807, 2.05) is 0 Å². The Bertz CT molecular complexity index is 560. The lowest BCUT2D eigenvalue weighted by molar-refractivity contribution is 0.0622. The molecule has 1 atom stereocenters. The van der Waals surface area contributed by atoms with Crippen LogP contribution in [0.4, 0.5) is 5.13 Å². The molecule has 1 aromatic carbocycles. The normalized spacial score (nSPS) is 18.6. The van der Waals surface area contributed by atoms with E-state index < -0.39 is 0 Å². The van der Waals surface area contributed by atoms with Gasteiger partial charge >= 0.3 is 0 Å². The van der Waals surface area contributed by atoms with E-state index in [1.54, 1.807) is 11.3 Å². The summed E-state index contributed by atoms with van der Waals surface area (Å²) in [5.41, 5.74) is 2.38. The Morgan fingerprint density at radius 1 is 1.37 bits per heavy atom. The Labute approximate surface area is 118 Å². The van der Waals surface area contributed by atoms with Crippen LogP contribution in [0.1, 0.15) is 25.3 Å². The van der Waals surface area contributed by atoms with Crippen molar-refractivity contribution in [2.24, 2.45) is 5.92 Å². The van der Waals surface area contributed by atoms with Gasteiger partial charge < -0.3 is 10.1 Å². The summed E-state index contributed by atoms with van der Waals surface area (Å²) in [4.78, 5) is 4.72. The summed E-state index contributed by atoms with van der Waals surface area (Å²) >= 11 is 1.75. The Balaban J connectivity index is 1.75. The number of hydrogen-bond acceptors (Lipinski definition) is 4. The second-order valence-electron chi connectivity index (χ2n) is 5.32. The van der Waals surface area contributed by atoms with Gasteiger partial charge in [-0.25, -0.2) is 4.98 Å². The zero-order valence-electron chi connectivity index (χ0n) is 11.5. The van der Waals surface area contributed by atoms with Crippen LogP contribution < -0.4 is 5.32 Å². The summed E-state index contributed by atoms with van der Waals surface area (Å²) in [5.74, 6) is 0.696. The van der Waals surface area contributed by atoms with Crippen LogP contribution in [0.5, 0.6) is 0 Å². The van der Waals surface area contributed by atoms with Gasteiger partial charge in [-0.05, 0) is 44.2 Å². The maximum Gasteiger partial charge on any atom is 0.184 e. The molecule has 0 saturated carbocycles. The van der Waals surface area contributed by atoms with E-state index in [2.05, 4.69) is 37.4 Å². The SMILES string of the molecule is Cc1cccc2sc(NC(C)C3CCOCC3)nc12. The van der Waals surface area contributed by atoms with Gasteiger partial charge in [-0.1, -0.05) is 23.5 Å². The van der Waals surface area contributed by atoms with Crippen molar-refractivity contribution >= 4 is 26.7 Å². The van der Waals surface area contributed by atoms with Crippen LogP contribution >= 0.6 is 11.3 Å². The standard InChI is InChI=1S/C15H20N2OS/c1-10-4-3-5-13-14(10)17-15(19-13)16-11(2)12-6-8-18-9-7-12/h3-5,11-12H,6-9H2,1-2H3,(H,16,17). The molecule has 1 aliphatic heterocycles. The third-order valence-corrected chi connectivity index (χ3v) is 4.90. The van der Waals surface area contributed by atoms with Crippen molar-refractivity contribution in [1.82, 2.24) is 4.98 Å². The average Bonchev–Trinajstić information content (AvgIpc) is 2.84. The number of fused-ring (bicyclic) bond motifs is 1. The average molecular weight is 276 g/mol. The van der Waals surface area contributed by atoms with Crippen molar-refractivity contribution in [2.75, 3.05) is 18.5 Å². The number of para-hydroxylation sites is 1. The summed E-state index contributed by atoms with van der Waals surface area (Å²) in [6, 6.07) is 6.82. The zero-order valence-corrected chi connectivity index (χ0v) is 12.3. The van der Waals surface area contributed by atoms with Crippen LogP contribution in [0.15, 0.2) is 18.2 Å². The molecule has 0 spiro atoms. The van der Waals surface area contributed by atoms with Crippen molar-refractivity contribution in [1.29, 1.82) is 0 Å². The first-order chi connectivity index (χ1) is 9.24. The Hall–Kier alpha value is -1.13. The summed E-state index contributed by atoms with van der Waals surface area (Å²) < 4.78 is 6.69. The van der Waals surface area contributed by atoms with Crippen molar-refractivity contribution < 1.29 is 4.74 Å². The molecule has 0 radical (unpaired) electrons. The first-order valence-corrected chi connectivity index (χ1v) is 7.76. The molecule has 3 nitrogen and oxygen atoms in total. The predicted octanol–water partition coefficient (Wildman–Crippen LogP) is 3.83. The highest BCUT2D eigenvalue weighted by Crippen LogP contribution is 2.30. The lowest BCUT2D eigenvalue weighted by Gasteiger charge is -2.28. The molecule has 0 aliphatic carbocycles. The lowest BCUT2D eigenvalue weighted by Crippen LogP contribution is -2.30. The highest BCUT2D eigenvalue weighted by molar-refractivity contribution is 7.22. The third kappa shape index (κ3) is 2.74. The van der Waals surface area contributed by atoms with E-state index in [0.717, 1.165) is 36.7 Å². The van der Waals surface area contributed by atoms with E-state index in [-0.39, 0.29) is 0 Å². The van der Waals surface area contributed by atoms with Crippen LogP contribution in [-0.4, -0.2) is 24.2 Å². The zero-order chi connectivity index (χ0) is 13.2. The molecule has 19 heavy (non-hydrogen) atoms. The van der Waals surface area contributed by atoms with E-state index in [4.69, 9.17) is 9.72 Å². The highest BCUT2D eigenvalue weighted by atomic mass is 32.1. The van der Waals surface area contributed by atoms with Crippen molar-refractivity contribution in [3.05, 3.63) is 23.8 Å². The predicted molar refractivity (Wildman–Crippen MR) is 81.0 cm³/mol. The molecule has 4 heteroatoms. The van der Waals surface area contributed by atoms with Gasteiger partial charge in [0.1, 0.15) is 0 Å². The lowest BCUT2D eigenvalue weighted by atomic mass is 9.93. The van der Waals surface area contributed by atoms with Gasteiger partial charge in [0, 0.05) is 19.3 Å². The maximum absolute atomic E-state index is 5.42. The van der Waals surface area contributed by atoms with Gasteiger partial charge in [-0.3, -0.25) is 0 Å². The van der Waals surface area contributed by atoms with Gasteiger partial charge in [0.2, 0.25) is 0 Å². The molecule has 1 aromatic heterocycles. The molecule has 3 rings (SSSR count). The number of anilines is 1. The summed E-state index contributed by atoms with van der Waals surface area (Å²) in [5, 5.41) is 4.62. The van der Waals surface area contributed by atoms with Gasteiger partial charge in [0.15, 0.2) is 5.13 Å². The van der Waals surface area contributed by atoms with Crippen molar-refractivity contribution in [2.45, 2.75) is 32.7 Å². The van der Waals surface area contributed by atoms with Crippen LogP contribution in [0.2, 0.25) is 0 Å². The number of thiazole rings is 1. The van der Waals surface area contributed by atoms with Gasteiger partial charge in [-0.15, -0.1) is 0 Å². The van der Waals surface area contributed by atoms with Crippen LogP contribution in [0.25, 0.3) is 10.2 Å². The molecule has 2 aromatic rings. The van der Waals surface area contributed by atoms with E-state index in [9.17, 15) is 0 Å². The third-order valence-electron chi connectivity index (χ3n) is 3.94. The second kappa shape index (κ2) is 5.47. The fraction of sp³-hybridized carbons (Fsp3) is 0.533. The number of hydrogen-bond donors (Lipinski definition) is 1. The van der Waals surface area contributed by atoms with Gasteiger partial charge in [0.05, 0.1) is 10.2 Å². The number of rotatable bonds is 3. The number of nitrogens with zero attached hydrogens (tertiary/aromatic N) is 1. The Morgan fingerprint density at radius 2 is 2.16 bits per heavy atom. The summed E-state index contributed by atoms with van der Waals surface area (Å²) in [7, 11) is 0. The first-order valence-electron chi connectivity index (χ1n) is 6.94. The summed E-state index contributed by atoms with van der Waals surface area (Å²) in [6.07, 6.45) is 2.30. The number of ether oxygens (including phenoxy) is 1. The number of aryl methyl sites for hydroxylation is 1. The molecule has 0 bridgehead atoms. The summed E-state index contributed by atoms with van der Waals surface area (Å²) in [6.45, 7) is 6.17. The fourth-order valence-corrected chi connectivity index (χ4v) is 3.72. The largest absolute Gasteiger partial charge is 0.381 e. The molecule has 1 N–H and O–H groups in total. The molecule has 1 aliphatic rings. The minimum Gasteiger partial charge on any atom is -0.381 e. The van der Waals surface area contributed by atoms with Crippen LogP contribution in [0.3, 0.4) is 0 Å². The number of aromatic nitrogens is 1. The van der Waals surface area contributed by atoms with Crippen molar-refractivity contribution in [3.63, 3.8) is 0 Å². The van der Waals surface area contributed by atoms with Crippen molar-refractivity contribution in [3.8, 4) is 0 Å². The minimum atomic E-state index is 0.463. The van der Waals surface area contributed by atoms with Crippen LogP contribution in [-0.2, 0) is 4.74 Å². The Kier molecular flexibility index (Phi) is 3.71. The molecular weight excluding hydrogens is 256 g/mol. The molecule has 102 valence electrons. The van der Waals surface area contributed by atoms with E-state index in [0.29, 0.717) is 12.0 Å². The first kappa shape index (κ1) is 12.9. The number of nitrogens with one attached hydrogen (secondary N) is 1. The molecule has 2 heterocycles. The smallest absolute Gasteiger partial charge is 0.184 e. The fourth-order valence-electron chi connectivity index (χ4n) is 2.68. The monoisotopic (exact) mass is 276 g/mol. The van der Waals surface area contributed by atoms with Crippen LogP contribution in [0, 0.1) is 12.8 Å². The second-order valence-corrected chi connectivity index (χ2v) is 6.35. The number of benzene rings is 1. The van der Waals surface area contributed by atoms with E-state index in [1.165, 1.54) is 10.3 Å². The Morgan fingerprint density at radius 3 is 2.89 bits per heavy atom. The van der Waals surface area contributed by atoms with Gasteiger partial charge in [0.25, 0.3) is 0 Å². The topological polar surface area (TPSA) is 34.1 Å². The molecule has 1 fully saturated rings. The highest BCUT2D eigenvalue weighted by Gasteiger charge is 2.21. The maximum atomic E-state index is 5.42. The molecule has 0 amide bonds. The quantitative estimate of drug-likeness (QED) is 0.925. The van der Waals surface area contributed by atoms with Gasteiger partial charge in [-0.2, -0.15) is 0 Å². The van der Waals surface area contributed by atoms with E-state index >= 15 is 0 Å². The molecule has 1 unspecified atom stereocenters. The minimum absolute atomic E-state index is 0.463.